The van der Waals surface area contributed by atoms with Crippen LogP contribution < -0.4 is 5.32 Å². The molecule has 1 N–H and O–H groups in total. The molecule has 0 aromatic carbocycles. The van der Waals surface area contributed by atoms with Crippen LogP contribution in [-0.4, -0.2) is 37.1 Å². The molecule has 1 saturated heterocycles. The molecule has 3 fully saturated rings. The van der Waals surface area contributed by atoms with Gasteiger partial charge in [-0.25, -0.2) is 0 Å². The fourth-order valence-corrected chi connectivity index (χ4v) is 4.00. The van der Waals surface area contributed by atoms with E-state index in [4.69, 9.17) is 0 Å². The first-order valence-corrected chi connectivity index (χ1v) is 8.22. The topological polar surface area (TPSA) is 15.3 Å². The molecule has 2 aliphatic carbocycles. The van der Waals surface area contributed by atoms with Crippen LogP contribution in [0, 0.1) is 11.3 Å². The van der Waals surface area contributed by atoms with E-state index in [2.05, 4.69) is 17.1 Å². The van der Waals surface area contributed by atoms with Crippen LogP contribution >= 0.6 is 0 Å². The van der Waals surface area contributed by atoms with Gasteiger partial charge in [-0.1, -0.05) is 19.8 Å². The van der Waals surface area contributed by atoms with Crippen molar-refractivity contribution < 1.29 is 0 Å². The Labute approximate surface area is 113 Å². The summed E-state index contributed by atoms with van der Waals surface area (Å²) in [4.78, 5) is 2.73. The van der Waals surface area contributed by atoms with Gasteiger partial charge in [0, 0.05) is 12.6 Å². The summed E-state index contributed by atoms with van der Waals surface area (Å²) < 4.78 is 0. The summed E-state index contributed by atoms with van der Waals surface area (Å²) in [5.74, 6) is 0.822. The fourth-order valence-electron chi connectivity index (χ4n) is 4.00. The summed E-state index contributed by atoms with van der Waals surface area (Å²) in [6, 6.07) is 0.871. The average Bonchev–Trinajstić information content (AvgIpc) is 3.11. The number of nitrogens with one attached hydrogen (secondary N) is 1. The molecule has 0 aromatic heterocycles. The van der Waals surface area contributed by atoms with Crippen molar-refractivity contribution in [1.82, 2.24) is 10.2 Å². The van der Waals surface area contributed by atoms with Crippen LogP contribution in [-0.2, 0) is 0 Å². The first-order chi connectivity index (χ1) is 8.76. The van der Waals surface area contributed by atoms with Gasteiger partial charge in [-0.05, 0) is 69.5 Å². The van der Waals surface area contributed by atoms with E-state index in [1.165, 1.54) is 77.5 Å². The highest BCUT2D eigenvalue weighted by molar-refractivity contribution is 4.90. The van der Waals surface area contributed by atoms with E-state index < -0.39 is 0 Å². The molecule has 18 heavy (non-hydrogen) atoms. The Morgan fingerprint density at radius 2 is 1.78 bits per heavy atom. The molecule has 2 nitrogen and oxygen atoms in total. The summed E-state index contributed by atoms with van der Waals surface area (Å²) in [6.45, 7) is 7.69. The van der Waals surface area contributed by atoms with Crippen molar-refractivity contribution in [2.75, 3.05) is 26.2 Å². The van der Waals surface area contributed by atoms with E-state index in [9.17, 15) is 0 Å². The lowest BCUT2D eigenvalue weighted by Gasteiger charge is -2.40. The maximum atomic E-state index is 3.67. The highest BCUT2D eigenvalue weighted by Crippen LogP contribution is 2.46. The Hall–Kier alpha value is -0.0800. The number of nitrogens with zero attached hydrogens (tertiary/aromatic N) is 1. The number of hydrogen-bond donors (Lipinski definition) is 1. The molecule has 0 radical (unpaired) electrons. The predicted octanol–water partition coefficient (Wildman–Crippen LogP) is 3.03. The first-order valence-electron chi connectivity index (χ1n) is 8.22. The number of hydrogen-bond acceptors (Lipinski definition) is 2. The van der Waals surface area contributed by atoms with E-state index in [-0.39, 0.29) is 0 Å². The van der Waals surface area contributed by atoms with Crippen LogP contribution in [0.3, 0.4) is 0 Å². The highest BCUT2D eigenvalue weighted by atomic mass is 15.1. The van der Waals surface area contributed by atoms with E-state index >= 15 is 0 Å². The minimum Gasteiger partial charge on any atom is -0.314 e. The van der Waals surface area contributed by atoms with E-state index in [0.29, 0.717) is 0 Å². The lowest BCUT2D eigenvalue weighted by molar-refractivity contribution is 0.0976. The summed E-state index contributed by atoms with van der Waals surface area (Å²) in [5, 5.41) is 3.67. The molecule has 0 amide bonds. The minimum absolute atomic E-state index is 0.784. The molecular weight excluding hydrogens is 220 g/mol. The van der Waals surface area contributed by atoms with Crippen molar-refractivity contribution in [3.63, 3.8) is 0 Å². The van der Waals surface area contributed by atoms with Crippen molar-refractivity contribution in [3.8, 4) is 0 Å². The van der Waals surface area contributed by atoms with Crippen LogP contribution in [0.15, 0.2) is 0 Å². The second-order valence-electron chi connectivity index (χ2n) is 7.30. The molecule has 3 rings (SSSR count). The summed E-state index contributed by atoms with van der Waals surface area (Å²) in [7, 11) is 0. The van der Waals surface area contributed by atoms with Crippen LogP contribution in [0.2, 0.25) is 0 Å². The van der Waals surface area contributed by atoms with Crippen molar-refractivity contribution >= 4 is 0 Å². The number of piperidine rings is 1. The third-order valence-electron chi connectivity index (χ3n) is 5.48. The summed E-state index contributed by atoms with van der Waals surface area (Å²) in [6.07, 6.45) is 11.9. The smallest absolute Gasteiger partial charge is 0.00683 e. The molecule has 104 valence electrons. The molecule has 1 spiro atoms. The molecule has 1 unspecified atom stereocenters. The Balaban J connectivity index is 1.36. The molecule has 2 saturated carbocycles. The molecule has 1 atom stereocenters. The largest absolute Gasteiger partial charge is 0.314 e. The molecule has 0 bridgehead atoms. The maximum absolute atomic E-state index is 3.67. The minimum atomic E-state index is 0.784. The third-order valence-corrected chi connectivity index (χ3v) is 5.48. The molecule has 2 heteroatoms. The number of rotatable bonds is 5. The van der Waals surface area contributed by atoms with E-state index in [1.54, 1.807) is 0 Å². The van der Waals surface area contributed by atoms with Crippen LogP contribution in [0.25, 0.3) is 0 Å². The van der Waals surface area contributed by atoms with Gasteiger partial charge in [-0.2, -0.15) is 0 Å². The van der Waals surface area contributed by atoms with Crippen molar-refractivity contribution in [2.24, 2.45) is 11.3 Å². The Morgan fingerprint density at radius 3 is 2.39 bits per heavy atom. The first kappa shape index (κ1) is 12.9. The van der Waals surface area contributed by atoms with Crippen LogP contribution in [0.5, 0.6) is 0 Å². The van der Waals surface area contributed by atoms with Gasteiger partial charge < -0.3 is 10.2 Å². The Morgan fingerprint density at radius 1 is 1.11 bits per heavy atom. The van der Waals surface area contributed by atoms with Gasteiger partial charge in [-0.15, -0.1) is 0 Å². The third kappa shape index (κ3) is 3.27. The lowest BCUT2D eigenvalue weighted by atomic mass is 9.77. The van der Waals surface area contributed by atoms with Gasteiger partial charge in [0.2, 0.25) is 0 Å². The lowest BCUT2D eigenvalue weighted by Crippen LogP contribution is -2.42. The maximum Gasteiger partial charge on any atom is 0.00683 e. The van der Waals surface area contributed by atoms with Gasteiger partial charge in [-0.3, -0.25) is 0 Å². The Kier molecular flexibility index (Phi) is 3.95. The van der Waals surface area contributed by atoms with Gasteiger partial charge >= 0.3 is 0 Å². The van der Waals surface area contributed by atoms with E-state index in [1.807, 2.05) is 0 Å². The molecule has 0 aromatic rings. The molecule has 1 heterocycles. The van der Waals surface area contributed by atoms with Crippen LogP contribution in [0.4, 0.5) is 0 Å². The van der Waals surface area contributed by atoms with Crippen LogP contribution in [0.1, 0.15) is 58.3 Å². The predicted molar refractivity (Wildman–Crippen MR) is 76.8 cm³/mol. The average molecular weight is 250 g/mol. The SMILES string of the molecule is CC(CNC1CC1)CN1CCC2(CCCC2)CC1. The second kappa shape index (κ2) is 5.50. The zero-order valence-corrected chi connectivity index (χ0v) is 12.1. The molecule has 1 aliphatic heterocycles. The van der Waals surface area contributed by atoms with Gasteiger partial charge in [0.15, 0.2) is 0 Å². The van der Waals surface area contributed by atoms with Gasteiger partial charge in [0.1, 0.15) is 0 Å². The van der Waals surface area contributed by atoms with Crippen molar-refractivity contribution in [1.29, 1.82) is 0 Å². The fraction of sp³-hybridized carbons (Fsp3) is 1.00. The number of likely N-dealkylation sites (tertiary alicyclic amines) is 1. The quantitative estimate of drug-likeness (QED) is 0.807. The molecular formula is C16H30N2. The normalized spacial score (nSPS) is 29.8. The second-order valence-corrected chi connectivity index (χ2v) is 7.30. The van der Waals surface area contributed by atoms with Crippen molar-refractivity contribution in [3.05, 3.63) is 0 Å². The van der Waals surface area contributed by atoms with E-state index in [0.717, 1.165) is 17.4 Å². The Bertz CT molecular complexity index is 256. The summed E-state index contributed by atoms with van der Waals surface area (Å²) in [5.41, 5.74) is 0.784. The summed E-state index contributed by atoms with van der Waals surface area (Å²) >= 11 is 0. The molecule has 3 aliphatic rings. The zero-order valence-electron chi connectivity index (χ0n) is 12.1. The van der Waals surface area contributed by atoms with Gasteiger partial charge in [0.05, 0.1) is 0 Å². The van der Waals surface area contributed by atoms with Gasteiger partial charge in [0.25, 0.3) is 0 Å². The zero-order chi connectivity index (χ0) is 12.4. The standard InChI is InChI=1S/C16H30N2/c1-14(12-17-15-4-5-15)13-18-10-8-16(9-11-18)6-2-3-7-16/h14-15,17H,2-13H2,1H3. The monoisotopic (exact) mass is 250 g/mol. The highest BCUT2D eigenvalue weighted by Gasteiger charge is 2.36. The van der Waals surface area contributed by atoms with Crippen molar-refractivity contribution in [2.45, 2.75) is 64.3 Å².